The van der Waals surface area contributed by atoms with Crippen LogP contribution in [0.2, 0.25) is 0 Å². The Balaban J connectivity index is 1.97. The number of ketones is 1. The molecule has 0 N–H and O–H groups in total. The summed E-state index contributed by atoms with van der Waals surface area (Å²) in [5.74, 6) is 0.708. The highest BCUT2D eigenvalue weighted by Gasteiger charge is 2.02. The van der Waals surface area contributed by atoms with E-state index in [1.165, 1.54) is 5.57 Å². The molecule has 2 aromatic carbocycles. The summed E-state index contributed by atoms with van der Waals surface area (Å²) >= 11 is 0. The standard InChI is InChI=1S/C20H19BO2/c1-15(2)13-14-23-19-10-6-17(7-11-19)20(22)12-5-16-3-8-18(21)9-4-16/h3-13H,14H2,1-2H3/b12-5+. The third kappa shape index (κ3) is 5.63. The summed E-state index contributed by atoms with van der Waals surface area (Å²) in [6.45, 7) is 4.59. The minimum Gasteiger partial charge on any atom is -0.490 e. The predicted molar refractivity (Wildman–Crippen MR) is 96.6 cm³/mol. The first-order chi connectivity index (χ1) is 11.0. The third-order valence-corrected chi connectivity index (χ3v) is 3.24. The van der Waals surface area contributed by atoms with Crippen molar-refractivity contribution in [1.82, 2.24) is 0 Å². The number of ether oxygens (including phenoxy) is 1. The van der Waals surface area contributed by atoms with Crippen LogP contribution < -0.4 is 10.2 Å². The maximum Gasteiger partial charge on any atom is 0.185 e. The average Bonchev–Trinajstić information content (AvgIpc) is 2.54. The van der Waals surface area contributed by atoms with Gasteiger partial charge in [0.25, 0.3) is 0 Å². The Morgan fingerprint density at radius 1 is 1.04 bits per heavy atom. The minimum absolute atomic E-state index is 0.0438. The van der Waals surface area contributed by atoms with Crippen LogP contribution in [0.5, 0.6) is 5.75 Å². The number of allylic oxidation sites excluding steroid dienone is 2. The fourth-order valence-corrected chi connectivity index (χ4v) is 1.90. The van der Waals surface area contributed by atoms with Crippen LogP contribution in [0.1, 0.15) is 29.8 Å². The molecule has 23 heavy (non-hydrogen) atoms. The molecular formula is C20H19BO2. The van der Waals surface area contributed by atoms with E-state index in [-0.39, 0.29) is 5.78 Å². The topological polar surface area (TPSA) is 26.3 Å². The molecule has 0 atom stereocenters. The maximum atomic E-state index is 12.1. The Morgan fingerprint density at radius 2 is 1.70 bits per heavy atom. The molecule has 0 aliphatic rings. The van der Waals surface area contributed by atoms with Crippen LogP contribution in [0, 0.1) is 0 Å². The summed E-state index contributed by atoms with van der Waals surface area (Å²) in [5, 5.41) is 0. The van der Waals surface area contributed by atoms with Gasteiger partial charge in [-0.15, -0.1) is 0 Å². The van der Waals surface area contributed by atoms with Gasteiger partial charge in [-0.3, -0.25) is 4.79 Å². The second kappa shape index (κ2) is 8.18. The molecule has 0 saturated heterocycles. The molecule has 2 radical (unpaired) electrons. The van der Waals surface area contributed by atoms with E-state index in [0.717, 1.165) is 11.3 Å². The molecule has 0 unspecified atom stereocenters. The molecule has 0 saturated carbocycles. The van der Waals surface area contributed by atoms with Crippen molar-refractivity contribution in [3.63, 3.8) is 0 Å². The average molecular weight is 302 g/mol. The summed E-state index contributed by atoms with van der Waals surface area (Å²) in [6.07, 6.45) is 5.35. The quantitative estimate of drug-likeness (QED) is 0.352. The summed E-state index contributed by atoms with van der Waals surface area (Å²) in [4.78, 5) is 12.1. The number of carbonyl (C=O) groups excluding carboxylic acids is 1. The van der Waals surface area contributed by atoms with Gasteiger partial charge in [-0.2, -0.15) is 0 Å². The van der Waals surface area contributed by atoms with Crippen molar-refractivity contribution in [2.24, 2.45) is 0 Å². The molecule has 2 aromatic rings. The third-order valence-electron chi connectivity index (χ3n) is 3.24. The Bertz CT molecular complexity index is 706. The number of carbonyl (C=O) groups is 1. The Morgan fingerprint density at radius 3 is 2.30 bits per heavy atom. The SMILES string of the molecule is [B]c1ccc(/C=C/C(=O)c2ccc(OCC=C(C)C)cc2)cc1. The van der Waals surface area contributed by atoms with Crippen LogP contribution >= 0.6 is 0 Å². The Kier molecular flexibility index (Phi) is 5.98. The Hall–Kier alpha value is -2.55. The van der Waals surface area contributed by atoms with Crippen LogP contribution in [-0.4, -0.2) is 20.2 Å². The lowest BCUT2D eigenvalue weighted by Crippen LogP contribution is -1.99. The number of hydrogen-bond donors (Lipinski definition) is 0. The van der Waals surface area contributed by atoms with E-state index in [1.54, 1.807) is 24.3 Å². The molecule has 2 rings (SSSR count). The lowest BCUT2D eigenvalue weighted by molar-refractivity contribution is 0.104. The minimum atomic E-state index is -0.0438. The van der Waals surface area contributed by atoms with Crippen LogP contribution in [0.15, 0.2) is 66.3 Å². The van der Waals surface area contributed by atoms with E-state index in [0.29, 0.717) is 17.6 Å². The second-order valence-electron chi connectivity index (χ2n) is 5.48. The second-order valence-corrected chi connectivity index (χ2v) is 5.48. The molecule has 0 aliphatic carbocycles. The molecule has 3 heteroatoms. The molecule has 0 heterocycles. The van der Waals surface area contributed by atoms with E-state index >= 15 is 0 Å². The highest BCUT2D eigenvalue weighted by molar-refractivity contribution is 6.32. The first-order valence-corrected chi connectivity index (χ1v) is 7.49. The monoisotopic (exact) mass is 302 g/mol. The summed E-state index contributed by atoms with van der Waals surface area (Å²) in [7, 11) is 5.63. The molecule has 114 valence electrons. The highest BCUT2D eigenvalue weighted by Crippen LogP contribution is 2.13. The number of hydrogen-bond acceptors (Lipinski definition) is 2. The van der Waals surface area contributed by atoms with Gasteiger partial charge in [0.2, 0.25) is 0 Å². The molecule has 0 aliphatic heterocycles. The van der Waals surface area contributed by atoms with Gasteiger partial charge in [-0.05, 0) is 55.8 Å². The van der Waals surface area contributed by atoms with Crippen molar-refractivity contribution < 1.29 is 9.53 Å². The fourth-order valence-electron chi connectivity index (χ4n) is 1.90. The van der Waals surface area contributed by atoms with Crippen LogP contribution in [0.3, 0.4) is 0 Å². The molecule has 2 nitrogen and oxygen atoms in total. The van der Waals surface area contributed by atoms with Crippen molar-refractivity contribution >= 4 is 25.2 Å². The van der Waals surface area contributed by atoms with Gasteiger partial charge in [0.05, 0.1) is 0 Å². The van der Waals surface area contributed by atoms with Gasteiger partial charge in [0, 0.05) is 5.56 Å². The first-order valence-electron chi connectivity index (χ1n) is 7.49. The van der Waals surface area contributed by atoms with Crippen molar-refractivity contribution in [3.8, 4) is 5.75 Å². The predicted octanol–water partition coefficient (Wildman–Crippen LogP) is 3.72. The zero-order valence-corrected chi connectivity index (χ0v) is 13.5. The highest BCUT2D eigenvalue weighted by atomic mass is 16.5. The summed E-state index contributed by atoms with van der Waals surface area (Å²) in [6, 6.07) is 14.5. The van der Waals surface area contributed by atoms with Gasteiger partial charge in [0.1, 0.15) is 20.2 Å². The molecule has 0 bridgehead atoms. The van der Waals surface area contributed by atoms with Crippen molar-refractivity contribution in [2.45, 2.75) is 13.8 Å². The van der Waals surface area contributed by atoms with Gasteiger partial charge in [0.15, 0.2) is 5.78 Å². The lowest BCUT2D eigenvalue weighted by Gasteiger charge is -2.04. The van der Waals surface area contributed by atoms with Crippen LogP contribution in [0.4, 0.5) is 0 Å². The fraction of sp³-hybridized carbons (Fsp3) is 0.150. The maximum absolute atomic E-state index is 12.1. The van der Waals surface area contributed by atoms with Gasteiger partial charge in [-0.25, -0.2) is 0 Å². The van der Waals surface area contributed by atoms with Crippen molar-refractivity contribution in [1.29, 1.82) is 0 Å². The van der Waals surface area contributed by atoms with Crippen molar-refractivity contribution in [2.75, 3.05) is 6.61 Å². The molecule has 0 fully saturated rings. The lowest BCUT2D eigenvalue weighted by atomic mass is 9.95. The molecule has 0 spiro atoms. The van der Waals surface area contributed by atoms with Gasteiger partial charge < -0.3 is 4.74 Å². The number of benzene rings is 2. The first kappa shape index (κ1) is 16.8. The van der Waals surface area contributed by atoms with Gasteiger partial charge >= 0.3 is 0 Å². The van der Waals surface area contributed by atoms with E-state index in [9.17, 15) is 4.79 Å². The van der Waals surface area contributed by atoms with Crippen molar-refractivity contribution in [3.05, 3.63) is 77.4 Å². The van der Waals surface area contributed by atoms with Crippen LogP contribution in [-0.2, 0) is 0 Å². The normalized spacial score (nSPS) is 10.5. The van der Waals surface area contributed by atoms with Gasteiger partial charge in [-0.1, -0.05) is 41.4 Å². The van der Waals surface area contributed by atoms with E-state index in [2.05, 4.69) is 0 Å². The largest absolute Gasteiger partial charge is 0.490 e. The molecule has 0 aromatic heterocycles. The van der Waals surface area contributed by atoms with E-state index in [1.807, 2.05) is 56.3 Å². The molecule has 0 amide bonds. The zero-order valence-electron chi connectivity index (χ0n) is 13.5. The zero-order chi connectivity index (χ0) is 16.7. The smallest absolute Gasteiger partial charge is 0.185 e. The van der Waals surface area contributed by atoms with E-state index in [4.69, 9.17) is 12.6 Å². The van der Waals surface area contributed by atoms with E-state index < -0.39 is 0 Å². The molecular weight excluding hydrogens is 283 g/mol. The van der Waals surface area contributed by atoms with Crippen LogP contribution in [0.25, 0.3) is 6.08 Å². The summed E-state index contributed by atoms with van der Waals surface area (Å²) < 4.78 is 5.57. The Labute approximate surface area is 138 Å². The summed E-state index contributed by atoms with van der Waals surface area (Å²) in [5.41, 5.74) is 3.49. The number of rotatable bonds is 6.